The number of halogens is 1. The van der Waals surface area contributed by atoms with Gasteiger partial charge in [-0.05, 0) is 37.3 Å². The molecular weight excluding hydrogens is 359 g/mol. The molecule has 0 atom stereocenters. The topological polar surface area (TPSA) is 74.7 Å². The van der Waals surface area contributed by atoms with E-state index in [1.165, 1.54) is 12.1 Å². The van der Waals surface area contributed by atoms with E-state index in [-0.39, 0.29) is 11.6 Å². The molecule has 0 bridgehead atoms. The van der Waals surface area contributed by atoms with Crippen LogP contribution < -0.4 is 15.2 Å². The van der Waals surface area contributed by atoms with Crippen LogP contribution in [-0.4, -0.2) is 28.1 Å². The first kappa shape index (κ1) is 17.8. The smallest absolute Gasteiger partial charge is 0.180 e. The summed E-state index contributed by atoms with van der Waals surface area (Å²) >= 11 is 0. The van der Waals surface area contributed by atoms with Crippen molar-refractivity contribution < 1.29 is 13.9 Å². The second kappa shape index (κ2) is 7.19. The molecule has 0 fully saturated rings. The Labute approximate surface area is 161 Å². The van der Waals surface area contributed by atoms with Crippen LogP contribution in [0.25, 0.3) is 28.2 Å². The fourth-order valence-corrected chi connectivity index (χ4v) is 3.05. The average Bonchev–Trinajstić information content (AvgIpc) is 3.13. The van der Waals surface area contributed by atoms with Crippen LogP contribution in [0.1, 0.15) is 6.92 Å². The quantitative estimate of drug-likeness (QED) is 0.564. The molecule has 2 aromatic carbocycles. The van der Waals surface area contributed by atoms with Crippen molar-refractivity contribution in [1.82, 2.24) is 14.4 Å². The summed E-state index contributed by atoms with van der Waals surface area (Å²) in [7, 11) is 1.60. The van der Waals surface area contributed by atoms with Gasteiger partial charge in [0.15, 0.2) is 23.0 Å². The third-order valence-corrected chi connectivity index (χ3v) is 4.34. The molecule has 2 N–H and O–H groups in total. The molecule has 0 saturated heterocycles. The van der Waals surface area contributed by atoms with Crippen molar-refractivity contribution >= 4 is 11.5 Å². The van der Waals surface area contributed by atoms with Gasteiger partial charge in [0.1, 0.15) is 5.82 Å². The zero-order valence-electron chi connectivity index (χ0n) is 15.5. The largest absolute Gasteiger partial charge is 0.493 e. The lowest BCUT2D eigenvalue weighted by molar-refractivity contribution is 0.311. The van der Waals surface area contributed by atoms with Crippen LogP contribution in [0, 0.1) is 5.82 Å². The van der Waals surface area contributed by atoms with E-state index in [0.717, 1.165) is 5.56 Å². The Morgan fingerprint density at radius 1 is 1.00 bits per heavy atom. The summed E-state index contributed by atoms with van der Waals surface area (Å²) in [5.41, 5.74) is 9.42. The second-order valence-corrected chi connectivity index (χ2v) is 6.18. The number of ether oxygens (including phenoxy) is 2. The normalized spacial score (nSPS) is 11.0. The Kier molecular flexibility index (Phi) is 4.57. The molecule has 2 aromatic heterocycles. The van der Waals surface area contributed by atoms with Crippen molar-refractivity contribution in [3.05, 3.63) is 60.7 Å². The maximum absolute atomic E-state index is 13.6. The molecule has 0 amide bonds. The Morgan fingerprint density at radius 3 is 2.46 bits per heavy atom. The highest BCUT2D eigenvalue weighted by Crippen LogP contribution is 2.33. The molecule has 0 saturated carbocycles. The highest BCUT2D eigenvalue weighted by molar-refractivity contribution is 5.73. The molecule has 7 heteroatoms. The molecule has 28 heavy (non-hydrogen) atoms. The number of anilines is 1. The summed E-state index contributed by atoms with van der Waals surface area (Å²) < 4.78 is 26.3. The minimum Gasteiger partial charge on any atom is -0.493 e. The van der Waals surface area contributed by atoms with E-state index >= 15 is 0 Å². The number of nitrogen functional groups attached to an aromatic ring is 1. The molecule has 2 heterocycles. The van der Waals surface area contributed by atoms with E-state index in [0.29, 0.717) is 40.7 Å². The van der Waals surface area contributed by atoms with E-state index < -0.39 is 0 Å². The minimum absolute atomic E-state index is 0.269. The lowest BCUT2D eigenvalue weighted by Crippen LogP contribution is -1.98. The van der Waals surface area contributed by atoms with Gasteiger partial charge in [-0.25, -0.2) is 14.4 Å². The first-order valence-corrected chi connectivity index (χ1v) is 8.81. The van der Waals surface area contributed by atoms with Crippen LogP contribution in [0.3, 0.4) is 0 Å². The molecule has 0 unspecified atom stereocenters. The predicted octanol–water partition coefficient (Wildman–Crippen LogP) is 4.19. The molecule has 142 valence electrons. The number of imidazole rings is 1. The maximum atomic E-state index is 13.6. The fraction of sp³-hybridized carbons (Fsp3) is 0.143. The first-order chi connectivity index (χ1) is 13.6. The number of hydrogen-bond donors (Lipinski definition) is 1. The zero-order valence-corrected chi connectivity index (χ0v) is 15.5. The number of methoxy groups -OCH3 is 1. The van der Waals surface area contributed by atoms with Gasteiger partial charge < -0.3 is 19.6 Å². The number of aromatic nitrogens is 3. The van der Waals surface area contributed by atoms with Crippen LogP contribution >= 0.6 is 0 Å². The Bertz CT molecular complexity index is 1160. The molecule has 4 aromatic rings. The van der Waals surface area contributed by atoms with Gasteiger partial charge in [-0.2, -0.15) is 0 Å². The highest BCUT2D eigenvalue weighted by Gasteiger charge is 2.13. The van der Waals surface area contributed by atoms with Crippen LogP contribution in [-0.2, 0) is 0 Å². The third kappa shape index (κ3) is 3.22. The fourth-order valence-electron chi connectivity index (χ4n) is 3.05. The van der Waals surface area contributed by atoms with E-state index in [1.54, 1.807) is 29.8 Å². The highest BCUT2D eigenvalue weighted by atomic mass is 19.1. The van der Waals surface area contributed by atoms with Crippen molar-refractivity contribution in [2.45, 2.75) is 6.92 Å². The van der Waals surface area contributed by atoms with Gasteiger partial charge in [0, 0.05) is 23.5 Å². The van der Waals surface area contributed by atoms with Gasteiger partial charge in [0.05, 0.1) is 25.1 Å². The summed E-state index contributed by atoms with van der Waals surface area (Å²) in [5, 5.41) is 0. The van der Waals surface area contributed by atoms with Gasteiger partial charge >= 0.3 is 0 Å². The molecule has 6 nitrogen and oxygen atoms in total. The van der Waals surface area contributed by atoms with E-state index in [2.05, 4.69) is 9.97 Å². The predicted molar refractivity (Wildman–Crippen MR) is 106 cm³/mol. The number of fused-ring (bicyclic) bond motifs is 1. The maximum Gasteiger partial charge on any atom is 0.180 e. The summed E-state index contributed by atoms with van der Waals surface area (Å²) in [6, 6.07) is 11.9. The second-order valence-electron chi connectivity index (χ2n) is 6.18. The van der Waals surface area contributed by atoms with Gasteiger partial charge in [-0.1, -0.05) is 12.1 Å². The molecule has 0 radical (unpaired) electrons. The number of nitrogens with zero attached hydrogens (tertiary/aromatic N) is 3. The van der Waals surface area contributed by atoms with Crippen molar-refractivity contribution in [3.63, 3.8) is 0 Å². The summed E-state index contributed by atoms with van der Waals surface area (Å²) in [4.78, 5) is 8.97. The lowest BCUT2D eigenvalue weighted by Gasteiger charge is -2.09. The van der Waals surface area contributed by atoms with E-state index in [1.807, 2.05) is 31.3 Å². The average molecular weight is 378 g/mol. The Hall–Kier alpha value is -3.61. The van der Waals surface area contributed by atoms with Crippen molar-refractivity contribution in [3.8, 4) is 34.0 Å². The first-order valence-electron chi connectivity index (χ1n) is 8.81. The van der Waals surface area contributed by atoms with Gasteiger partial charge in [0.25, 0.3) is 0 Å². The van der Waals surface area contributed by atoms with Gasteiger partial charge in [-0.15, -0.1) is 0 Å². The summed E-state index contributed by atoms with van der Waals surface area (Å²) in [6.07, 6.45) is 3.63. The molecule has 0 aliphatic rings. The molecule has 0 spiro atoms. The zero-order chi connectivity index (χ0) is 19.7. The third-order valence-electron chi connectivity index (χ3n) is 4.34. The molecule has 0 aliphatic carbocycles. The van der Waals surface area contributed by atoms with Crippen molar-refractivity contribution in [2.24, 2.45) is 0 Å². The van der Waals surface area contributed by atoms with Gasteiger partial charge in [0.2, 0.25) is 0 Å². The number of rotatable bonds is 5. The van der Waals surface area contributed by atoms with Crippen molar-refractivity contribution in [1.29, 1.82) is 0 Å². The van der Waals surface area contributed by atoms with Crippen LogP contribution in [0.15, 0.2) is 54.9 Å². The van der Waals surface area contributed by atoms with E-state index in [9.17, 15) is 4.39 Å². The molecule has 0 aliphatic heterocycles. The molecule has 4 rings (SSSR count). The SMILES string of the molecule is CCOc1ccc(-c2cn3cc(-c4cccc(F)c4)nc(N)c3n2)cc1OC. The number of nitrogens with two attached hydrogens (primary N) is 1. The standard InChI is InChI=1S/C21H19FN4O2/c1-3-28-18-8-7-14(10-19(18)27-2)17-12-26-11-16(24-20(23)21(26)25-17)13-5-4-6-15(22)9-13/h4-12H,3H2,1-2H3,(H2,23,24). The lowest BCUT2D eigenvalue weighted by atomic mass is 10.1. The minimum atomic E-state index is -0.328. The summed E-state index contributed by atoms with van der Waals surface area (Å²) in [5.74, 6) is 1.24. The monoisotopic (exact) mass is 378 g/mol. The van der Waals surface area contributed by atoms with Crippen LogP contribution in [0.5, 0.6) is 11.5 Å². The van der Waals surface area contributed by atoms with Crippen molar-refractivity contribution in [2.75, 3.05) is 19.5 Å². The summed E-state index contributed by atoms with van der Waals surface area (Å²) in [6.45, 7) is 2.47. The Balaban J connectivity index is 1.79. The number of benzene rings is 2. The number of hydrogen-bond acceptors (Lipinski definition) is 5. The Morgan fingerprint density at radius 2 is 1.75 bits per heavy atom. The van der Waals surface area contributed by atoms with E-state index in [4.69, 9.17) is 15.2 Å². The van der Waals surface area contributed by atoms with Crippen LogP contribution in [0.2, 0.25) is 0 Å². The molecular formula is C21H19FN4O2. The van der Waals surface area contributed by atoms with Gasteiger partial charge in [-0.3, -0.25) is 0 Å². The van der Waals surface area contributed by atoms with Crippen LogP contribution in [0.4, 0.5) is 10.2 Å².